The Morgan fingerprint density at radius 3 is 2.66 bits per heavy atom. The van der Waals surface area contributed by atoms with Crippen molar-refractivity contribution in [1.29, 1.82) is 0 Å². The zero-order valence-electron chi connectivity index (χ0n) is 17.9. The molecule has 0 spiro atoms. The molecule has 1 atom stereocenters. The highest BCUT2D eigenvalue weighted by Crippen LogP contribution is 2.39. The number of benzene rings is 2. The van der Waals surface area contributed by atoms with E-state index in [1.165, 1.54) is 0 Å². The lowest BCUT2D eigenvalue weighted by atomic mass is 9.94. The van der Waals surface area contributed by atoms with Crippen LogP contribution in [0.2, 0.25) is 0 Å². The number of ether oxygens (including phenoxy) is 1. The third kappa shape index (κ3) is 3.03. The van der Waals surface area contributed by atoms with Crippen LogP contribution in [0.1, 0.15) is 29.8 Å². The summed E-state index contributed by atoms with van der Waals surface area (Å²) in [6.45, 7) is 2.94. The van der Waals surface area contributed by atoms with Crippen LogP contribution in [0.5, 0.6) is 11.6 Å². The zero-order valence-corrected chi connectivity index (χ0v) is 17.9. The molecule has 164 valence electrons. The highest BCUT2D eigenvalue weighted by atomic mass is 16.5. The fourth-order valence-electron chi connectivity index (χ4n) is 4.65. The van der Waals surface area contributed by atoms with E-state index in [9.17, 15) is 14.7 Å². The molecule has 0 saturated carbocycles. The first-order chi connectivity index (χ1) is 15.5. The summed E-state index contributed by atoms with van der Waals surface area (Å²) in [6.07, 6.45) is 0.817. The molecule has 3 N–H and O–H groups in total. The van der Waals surface area contributed by atoms with Crippen molar-refractivity contribution >= 4 is 10.9 Å². The van der Waals surface area contributed by atoms with Crippen LogP contribution in [-0.2, 0) is 6.42 Å². The van der Waals surface area contributed by atoms with Crippen molar-refractivity contribution in [3.8, 4) is 17.3 Å². The summed E-state index contributed by atoms with van der Waals surface area (Å²) >= 11 is 0. The Morgan fingerprint density at radius 2 is 1.84 bits per heavy atom. The fraction of sp³-hybridized carbons (Fsp3) is 0.250. The number of likely N-dealkylation sites (N-methyl/N-ethyl adjacent to an activating group) is 1. The fourth-order valence-corrected chi connectivity index (χ4v) is 4.65. The van der Waals surface area contributed by atoms with Gasteiger partial charge in [-0.1, -0.05) is 30.3 Å². The molecule has 0 amide bonds. The van der Waals surface area contributed by atoms with Gasteiger partial charge in [-0.05, 0) is 44.2 Å². The summed E-state index contributed by atoms with van der Waals surface area (Å²) in [5, 5.41) is 12.4. The second-order valence-corrected chi connectivity index (χ2v) is 7.93. The van der Waals surface area contributed by atoms with Crippen molar-refractivity contribution in [2.45, 2.75) is 19.4 Å². The summed E-state index contributed by atoms with van der Waals surface area (Å²) in [5.41, 5.74) is 2.10. The number of nitrogens with one attached hydrogen (secondary N) is 2. The number of hydrogen-bond acceptors (Lipinski definition) is 5. The van der Waals surface area contributed by atoms with Crippen LogP contribution in [0.15, 0.2) is 58.1 Å². The maximum absolute atomic E-state index is 13.0. The minimum Gasteiger partial charge on any atom is -0.494 e. The van der Waals surface area contributed by atoms with Gasteiger partial charge in [-0.15, -0.1) is 0 Å². The Balaban J connectivity index is 1.77. The summed E-state index contributed by atoms with van der Waals surface area (Å²) < 4.78 is 6.76. The van der Waals surface area contributed by atoms with Crippen molar-refractivity contribution in [3.05, 3.63) is 86.2 Å². The maximum Gasteiger partial charge on any atom is 0.335 e. The van der Waals surface area contributed by atoms with Gasteiger partial charge in [0.15, 0.2) is 0 Å². The smallest absolute Gasteiger partial charge is 0.335 e. The standard InChI is InChI=1S/C24H24N4O4/c1-3-32-18-11-7-6-10-17(18)28-23(30)19(22(29)26-24(28)31)21-20-15(12-13-27(21)2)14-8-4-5-9-16(14)25-20/h4-11,21,25,30H,3,12-13H2,1-2H3,(H,26,29,31)/t21-/m1/s1. The monoisotopic (exact) mass is 432 g/mol. The van der Waals surface area contributed by atoms with Crippen molar-refractivity contribution in [1.82, 2.24) is 19.4 Å². The molecule has 8 heteroatoms. The van der Waals surface area contributed by atoms with Gasteiger partial charge >= 0.3 is 5.69 Å². The molecular weight excluding hydrogens is 408 g/mol. The SMILES string of the molecule is CCOc1ccccc1-n1c(O)c([C@@H]2c3[nH]c4ccccc4c3CCN2C)c(=O)[nH]c1=O. The largest absolute Gasteiger partial charge is 0.494 e. The van der Waals surface area contributed by atoms with Crippen molar-refractivity contribution in [2.75, 3.05) is 20.2 Å². The van der Waals surface area contributed by atoms with Gasteiger partial charge in [0.05, 0.1) is 18.3 Å². The number of fused-ring (bicyclic) bond motifs is 3. The Bertz CT molecular complexity index is 1430. The minimum atomic E-state index is -0.723. The molecule has 1 aliphatic heterocycles. The second-order valence-electron chi connectivity index (χ2n) is 7.93. The van der Waals surface area contributed by atoms with Crippen LogP contribution in [-0.4, -0.2) is 44.7 Å². The summed E-state index contributed by atoms with van der Waals surface area (Å²) in [5.74, 6) is 0.0444. The number of para-hydroxylation sites is 3. The lowest BCUT2D eigenvalue weighted by Crippen LogP contribution is -2.39. The van der Waals surface area contributed by atoms with E-state index < -0.39 is 23.2 Å². The Hall–Kier alpha value is -3.78. The molecular formula is C24H24N4O4. The third-order valence-electron chi connectivity index (χ3n) is 6.08. The van der Waals surface area contributed by atoms with E-state index in [4.69, 9.17) is 4.74 Å². The van der Waals surface area contributed by atoms with Gasteiger partial charge < -0.3 is 14.8 Å². The first-order valence-corrected chi connectivity index (χ1v) is 10.6. The lowest BCUT2D eigenvalue weighted by Gasteiger charge is -2.33. The minimum absolute atomic E-state index is 0.117. The van der Waals surface area contributed by atoms with Gasteiger partial charge in [0, 0.05) is 23.1 Å². The van der Waals surface area contributed by atoms with E-state index >= 15 is 0 Å². The second kappa shape index (κ2) is 7.72. The van der Waals surface area contributed by atoms with E-state index in [2.05, 4.69) is 16.0 Å². The van der Waals surface area contributed by atoms with Crippen molar-refractivity contribution in [2.24, 2.45) is 0 Å². The number of aromatic amines is 2. The van der Waals surface area contributed by atoms with E-state index in [1.807, 2.05) is 37.1 Å². The highest BCUT2D eigenvalue weighted by Gasteiger charge is 2.35. The maximum atomic E-state index is 13.0. The predicted octanol–water partition coefficient (Wildman–Crippen LogP) is 2.69. The zero-order chi connectivity index (χ0) is 22.4. The average molecular weight is 432 g/mol. The third-order valence-corrected chi connectivity index (χ3v) is 6.08. The van der Waals surface area contributed by atoms with Crippen LogP contribution in [0.4, 0.5) is 0 Å². The van der Waals surface area contributed by atoms with Gasteiger partial charge in [-0.2, -0.15) is 0 Å². The molecule has 0 radical (unpaired) electrons. The predicted molar refractivity (Wildman–Crippen MR) is 122 cm³/mol. The van der Waals surface area contributed by atoms with Crippen LogP contribution < -0.4 is 16.0 Å². The van der Waals surface area contributed by atoms with Crippen molar-refractivity contribution < 1.29 is 9.84 Å². The number of rotatable bonds is 4. The molecule has 2 aromatic carbocycles. The van der Waals surface area contributed by atoms with Gasteiger partial charge in [-0.25, -0.2) is 9.36 Å². The molecule has 0 fully saturated rings. The van der Waals surface area contributed by atoms with Crippen LogP contribution in [0, 0.1) is 0 Å². The van der Waals surface area contributed by atoms with E-state index in [1.54, 1.807) is 24.3 Å². The first-order valence-electron chi connectivity index (χ1n) is 10.6. The van der Waals surface area contributed by atoms with Crippen molar-refractivity contribution in [3.63, 3.8) is 0 Å². The molecule has 8 nitrogen and oxygen atoms in total. The molecule has 0 bridgehead atoms. The van der Waals surface area contributed by atoms with Gasteiger partial charge in [0.1, 0.15) is 11.3 Å². The topological polar surface area (TPSA) is 103 Å². The Labute approximate surface area is 183 Å². The van der Waals surface area contributed by atoms with Gasteiger partial charge in [-0.3, -0.25) is 14.7 Å². The van der Waals surface area contributed by atoms with Crippen LogP contribution >= 0.6 is 0 Å². The number of aromatic hydroxyl groups is 1. The molecule has 32 heavy (non-hydrogen) atoms. The summed E-state index contributed by atoms with van der Waals surface area (Å²) in [7, 11) is 1.90. The number of H-pyrrole nitrogens is 2. The normalized spacial score (nSPS) is 16.2. The average Bonchev–Trinajstić information content (AvgIpc) is 3.15. The molecule has 1 aliphatic rings. The van der Waals surface area contributed by atoms with Crippen LogP contribution in [0.3, 0.4) is 0 Å². The summed E-state index contributed by atoms with van der Waals surface area (Å²) in [4.78, 5) is 33.7. The number of nitrogens with zero attached hydrogens (tertiary/aromatic N) is 2. The molecule has 5 rings (SSSR count). The molecule has 0 aliphatic carbocycles. The van der Waals surface area contributed by atoms with E-state index in [0.29, 0.717) is 24.6 Å². The van der Waals surface area contributed by atoms with Gasteiger partial charge in [0.25, 0.3) is 5.56 Å². The van der Waals surface area contributed by atoms with E-state index in [0.717, 1.165) is 33.1 Å². The molecule has 0 saturated heterocycles. The number of aromatic nitrogens is 3. The Kier molecular flexibility index (Phi) is 4.86. The van der Waals surface area contributed by atoms with Crippen LogP contribution in [0.25, 0.3) is 16.6 Å². The quantitative estimate of drug-likeness (QED) is 0.460. The lowest BCUT2D eigenvalue weighted by molar-refractivity contribution is 0.251. The molecule has 4 aromatic rings. The van der Waals surface area contributed by atoms with Gasteiger partial charge in [0.2, 0.25) is 5.88 Å². The molecule has 0 unspecified atom stereocenters. The molecule has 3 heterocycles. The highest BCUT2D eigenvalue weighted by molar-refractivity contribution is 5.85. The number of hydrogen-bond donors (Lipinski definition) is 3. The Morgan fingerprint density at radius 1 is 1.09 bits per heavy atom. The summed E-state index contributed by atoms with van der Waals surface area (Å²) in [6, 6.07) is 14.4. The molecule has 2 aromatic heterocycles. The van der Waals surface area contributed by atoms with E-state index in [-0.39, 0.29) is 5.56 Å². The first kappa shape index (κ1) is 20.1.